The molecule has 0 saturated heterocycles. The number of amides is 1. The maximum Gasteiger partial charge on any atom is 0.255 e. The first-order valence-electron chi connectivity index (χ1n) is 10.4. The van der Waals surface area contributed by atoms with Gasteiger partial charge in [0.15, 0.2) is 11.0 Å². The Morgan fingerprint density at radius 3 is 2.61 bits per heavy atom. The highest BCUT2D eigenvalue weighted by molar-refractivity contribution is 7.98. The molecule has 7 heteroatoms. The van der Waals surface area contributed by atoms with Crippen LogP contribution in [0.25, 0.3) is 11.4 Å². The molecule has 0 unspecified atom stereocenters. The summed E-state index contributed by atoms with van der Waals surface area (Å²) in [4.78, 5) is 12.5. The Morgan fingerprint density at radius 1 is 1.09 bits per heavy atom. The number of aryl methyl sites for hydroxylation is 1. The first-order chi connectivity index (χ1) is 16.0. The van der Waals surface area contributed by atoms with Crippen LogP contribution in [0.1, 0.15) is 21.5 Å². The van der Waals surface area contributed by atoms with Crippen molar-refractivity contribution in [2.24, 2.45) is 0 Å². The van der Waals surface area contributed by atoms with E-state index in [2.05, 4.69) is 22.1 Å². The van der Waals surface area contributed by atoms with Crippen molar-refractivity contribution in [3.8, 4) is 11.4 Å². The molecule has 1 heterocycles. The lowest BCUT2D eigenvalue weighted by Crippen LogP contribution is -2.11. The van der Waals surface area contributed by atoms with Crippen LogP contribution in [-0.2, 0) is 12.3 Å². The number of halogens is 1. The van der Waals surface area contributed by atoms with Crippen molar-refractivity contribution in [1.29, 1.82) is 0 Å². The summed E-state index contributed by atoms with van der Waals surface area (Å²) in [6, 6.07) is 22.9. The van der Waals surface area contributed by atoms with Crippen LogP contribution in [0.4, 0.5) is 5.69 Å². The van der Waals surface area contributed by atoms with Crippen molar-refractivity contribution in [1.82, 2.24) is 14.8 Å². The van der Waals surface area contributed by atoms with E-state index >= 15 is 0 Å². The number of allylic oxidation sites excluding steroid dienone is 1. The summed E-state index contributed by atoms with van der Waals surface area (Å²) in [6.45, 7) is 6.43. The van der Waals surface area contributed by atoms with Crippen LogP contribution in [0, 0.1) is 6.92 Å². The van der Waals surface area contributed by atoms with Crippen LogP contribution in [-0.4, -0.2) is 20.7 Å². The summed E-state index contributed by atoms with van der Waals surface area (Å²) in [7, 11) is 0. The third-order valence-corrected chi connectivity index (χ3v) is 6.37. The average molecular weight is 475 g/mol. The van der Waals surface area contributed by atoms with Gasteiger partial charge in [0.1, 0.15) is 0 Å². The van der Waals surface area contributed by atoms with Gasteiger partial charge in [0.2, 0.25) is 0 Å². The zero-order chi connectivity index (χ0) is 23.2. The van der Waals surface area contributed by atoms with Crippen molar-refractivity contribution >= 4 is 35.0 Å². The van der Waals surface area contributed by atoms with Gasteiger partial charge in [-0.2, -0.15) is 0 Å². The molecule has 0 aliphatic rings. The molecule has 5 nitrogen and oxygen atoms in total. The molecule has 0 aliphatic carbocycles. The van der Waals surface area contributed by atoms with Crippen molar-refractivity contribution in [2.45, 2.75) is 24.4 Å². The minimum Gasteiger partial charge on any atom is -0.322 e. The van der Waals surface area contributed by atoms with E-state index in [1.165, 1.54) is 0 Å². The van der Waals surface area contributed by atoms with Gasteiger partial charge in [-0.15, -0.1) is 16.8 Å². The van der Waals surface area contributed by atoms with Crippen LogP contribution in [0.3, 0.4) is 0 Å². The fourth-order valence-corrected chi connectivity index (χ4v) is 4.48. The second kappa shape index (κ2) is 10.5. The summed E-state index contributed by atoms with van der Waals surface area (Å²) in [5.74, 6) is 1.28. The number of nitrogens with zero attached hydrogens (tertiary/aromatic N) is 3. The molecule has 0 bridgehead atoms. The lowest BCUT2D eigenvalue weighted by Gasteiger charge is -2.09. The van der Waals surface area contributed by atoms with Crippen molar-refractivity contribution < 1.29 is 4.79 Å². The van der Waals surface area contributed by atoms with Gasteiger partial charge in [0.05, 0.1) is 5.02 Å². The van der Waals surface area contributed by atoms with Gasteiger partial charge in [0, 0.05) is 29.1 Å². The Balaban J connectivity index is 1.45. The Kier molecular flexibility index (Phi) is 7.27. The smallest absolute Gasteiger partial charge is 0.255 e. The number of carbonyl (C=O) groups is 1. The standard InChI is InChI=1S/C26H23ClN4OS/c1-3-15-31-24(22-9-4-5-10-23(22)27)29-30-26(31)33-17-19-11-13-20(14-12-19)25(32)28-21-8-6-7-18(2)16-21/h3-14,16H,1,15,17H2,2H3,(H,28,32). The van der Waals surface area contributed by atoms with E-state index in [0.29, 0.717) is 28.7 Å². The summed E-state index contributed by atoms with van der Waals surface area (Å²) in [5.41, 5.74) is 4.42. The van der Waals surface area contributed by atoms with E-state index in [-0.39, 0.29) is 5.91 Å². The number of thioether (sulfide) groups is 1. The quantitative estimate of drug-likeness (QED) is 0.230. The molecular formula is C26H23ClN4OS. The van der Waals surface area contributed by atoms with Gasteiger partial charge in [-0.3, -0.25) is 9.36 Å². The third-order valence-electron chi connectivity index (χ3n) is 5.00. The molecule has 1 N–H and O–H groups in total. The first kappa shape index (κ1) is 22.8. The summed E-state index contributed by atoms with van der Waals surface area (Å²) in [6.07, 6.45) is 1.81. The SMILES string of the molecule is C=CCn1c(SCc2ccc(C(=O)Nc3cccc(C)c3)cc2)nnc1-c1ccccc1Cl. The van der Waals surface area contributed by atoms with E-state index in [1.807, 2.05) is 90.4 Å². The minimum absolute atomic E-state index is 0.130. The monoisotopic (exact) mass is 474 g/mol. The Morgan fingerprint density at radius 2 is 1.88 bits per heavy atom. The molecule has 1 aromatic heterocycles. The van der Waals surface area contributed by atoms with Crippen molar-refractivity contribution in [2.75, 3.05) is 5.32 Å². The van der Waals surface area contributed by atoms with Crippen LogP contribution >= 0.6 is 23.4 Å². The van der Waals surface area contributed by atoms with E-state index in [9.17, 15) is 4.79 Å². The third kappa shape index (κ3) is 5.53. The van der Waals surface area contributed by atoms with Gasteiger partial charge in [-0.1, -0.05) is 65.8 Å². The minimum atomic E-state index is -0.130. The van der Waals surface area contributed by atoms with Gasteiger partial charge in [0.25, 0.3) is 5.91 Å². The van der Waals surface area contributed by atoms with Gasteiger partial charge >= 0.3 is 0 Å². The molecule has 3 aromatic carbocycles. The fourth-order valence-electron chi connectivity index (χ4n) is 3.36. The van der Waals surface area contributed by atoms with E-state index in [4.69, 9.17) is 11.6 Å². The first-order valence-corrected chi connectivity index (χ1v) is 11.8. The summed E-state index contributed by atoms with van der Waals surface area (Å²) >= 11 is 7.94. The highest BCUT2D eigenvalue weighted by Gasteiger charge is 2.16. The van der Waals surface area contributed by atoms with Crippen molar-refractivity contribution in [3.63, 3.8) is 0 Å². The van der Waals surface area contributed by atoms with Gasteiger partial charge < -0.3 is 5.32 Å². The predicted octanol–water partition coefficient (Wildman–Crippen LogP) is 6.64. The highest BCUT2D eigenvalue weighted by Crippen LogP contribution is 2.30. The fraction of sp³-hybridized carbons (Fsp3) is 0.115. The summed E-state index contributed by atoms with van der Waals surface area (Å²) in [5, 5.41) is 13.1. The van der Waals surface area contributed by atoms with E-state index in [1.54, 1.807) is 11.8 Å². The lowest BCUT2D eigenvalue weighted by atomic mass is 10.1. The summed E-state index contributed by atoms with van der Waals surface area (Å²) < 4.78 is 2.00. The normalized spacial score (nSPS) is 10.7. The Labute approximate surface area is 202 Å². The lowest BCUT2D eigenvalue weighted by molar-refractivity contribution is 0.102. The number of anilines is 1. The van der Waals surface area contributed by atoms with Gasteiger partial charge in [-0.05, 0) is 54.4 Å². The molecular weight excluding hydrogens is 452 g/mol. The van der Waals surface area contributed by atoms with E-state index < -0.39 is 0 Å². The number of rotatable bonds is 8. The largest absolute Gasteiger partial charge is 0.322 e. The zero-order valence-corrected chi connectivity index (χ0v) is 19.7. The molecule has 0 saturated carbocycles. The zero-order valence-electron chi connectivity index (χ0n) is 18.2. The second-order valence-corrected chi connectivity index (χ2v) is 8.84. The number of hydrogen-bond acceptors (Lipinski definition) is 4. The van der Waals surface area contributed by atoms with Gasteiger partial charge in [-0.25, -0.2) is 0 Å². The van der Waals surface area contributed by atoms with Crippen LogP contribution in [0.2, 0.25) is 5.02 Å². The molecule has 33 heavy (non-hydrogen) atoms. The van der Waals surface area contributed by atoms with Crippen LogP contribution in [0.15, 0.2) is 90.6 Å². The molecule has 0 atom stereocenters. The molecule has 0 aliphatic heterocycles. The van der Waals surface area contributed by atoms with Crippen LogP contribution in [0.5, 0.6) is 0 Å². The van der Waals surface area contributed by atoms with E-state index in [0.717, 1.165) is 27.5 Å². The molecule has 0 radical (unpaired) electrons. The second-order valence-electron chi connectivity index (χ2n) is 7.49. The average Bonchev–Trinajstić information content (AvgIpc) is 3.21. The van der Waals surface area contributed by atoms with Crippen LogP contribution < -0.4 is 5.32 Å². The topological polar surface area (TPSA) is 59.8 Å². The predicted molar refractivity (Wildman–Crippen MR) is 136 cm³/mol. The number of aromatic nitrogens is 3. The molecule has 1 amide bonds. The molecule has 4 rings (SSSR count). The number of hydrogen-bond donors (Lipinski definition) is 1. The number of nitrogens with one attached hydrogen (secondary N) is 1. The molecule has 4 aromatic rings. The van der Waals surface area contributed by atoms with Crippen molar-refractivity contribution in [3.05, 3.63) is 107 Å². The number of carbonyl (C=O) groups excluding carboxylic acids is 1. The maximum absolute atomic E-state index is 12.5. The number of benzene rings is 3. The molecule has 0 spiro atoms. The Bertz CT molecular complexity index is 1280. The maximum atomic E-state index is 12.5. The molecule has 0 fully saturated rings. The Hall–Kier alpha value is -3.35. The highest BCUT2D eigenvalue weighted by atomic mass is 35.5. The molecule has 166 valence electrons.